The van der Waals surface area contributed by atoms with E-state index in [-0.39, 0.29) is 50.1 Å². The number of thiazole rings is 1. The molecule has 3 aliphatic rings. The number of nitrogens with one attached hydrogen (secondary N) is 3. The molecule has 1 aliphatic heterocycles. The second kappa shape index (κ2) is 18.4. The highest BCUT2D eigenvalue weighted by molar-refractivity contribution is 7.91. The summed E-state index contributed by atoms with van der Waals surface area (Å²) in [7, 11) is 0.735. The fraction of sp³-hybridized carbons (Fsp3) is 0.439. The molecular weight excluding hydrogens is 891 g/mol. The van der Waals surface area contributed by atoms with Crippen LogP contribution in [-0.2, 0) is 24.4 Å². The number of carbonyl (C=O) groups is 3. The molecule has 3 N–H and O–H groups in total. The van der Waals surface area contributed by atoms with Crippen molar-refractivity contribution in [2.75, 3.05) is 33.2 Å². The third kappa shape index (κ3) is 9.75. The zero-order valence-electron chi connectivity index (χ0n) is 34.4. The van der Waals surface area contributed by atoms with Crippen molar-refractivity contribution < 1.29 is 41.7 Å². The molecule has 0 bridgehead atoms. The number of anilines is 1. The lowest BCUT2D eigenvalue weighted by atomic mass is 9.85. The van der Waals surface area contributed by atoms with Crippen LogP contribution in [0.5, 0.6) is 23.1 Å². The maximum Gasteiger partial charge on any atom is 0.259 e. The minimum Gasteiger partial charge on any atom is -0.494 e. The van der Waals surface area contributed by atoms with E-state index < -0.39 is 68.1 Å². The number of hydrogen-bond donors (Lipinski definition) is 3. The average molecular weight is 940 g/mol. The van der Waals surface area contributed by atoms with Crippen molar-refractivity contribution in [1.29, 1.82) is 0 Å². The van der Waals surface area contributed by atoms with E-state index in [0.717, 1.165) is 5.56 Å². The van der Waals surface area contributed by atoms with Gasteiger partial charge in [0.05, 0.1) is 45.0 Å². The smallest absolute Gasteiger partial charge is 0.259 e. The third-order valence-corrected chi connectivity index (χ3v) is 13.8. The molecule has 3 fully saturated rings. The molecule has 0 radical (unpaired) electrons. The number of ether oxygens (including phenoxy) is 4. The van der Waals surface area contributed by atoms with Gasteiger partial charge < -0.3 is 34.5 Å². The number of rotatable bonds is 15. The number of sulfonamides is 1. The Morgan fingerprint density at radius 3 is 2.34 bits per heavy atom. The van der Waals surface area contributed by atoms with Crippen molar-refractivity contribution >= 4 is 91.4 Å². The van der Waals surface area contributed by atoms with Crippen LogP contribution in [0.2, 0.25) is 5.02 Å². The standard InChI is InChI=1S/C41H47ClN6O9S2.2ClH/c1-8-23-18-41(23,38(51)47-59(52,53)26-11-12-26)46-35(49)30-17-25(57-36-28-16-24(42)10-13-27(28)33(56-7)19-43-36)20-48(30)37(50)34(40(2,3)4)45-39-44-29(21-58-39)22-9-14-31(54-5)32(15-22)55-6;;/h8-10,13-16,19,21,23,25-26,30,34H,1,11-12,17-18,20H2,2-7H3,(H,44,45)(H,46,49)(H,47,51);2*1H/t23-,25-,30+,34-,41-;;/m1../s1. The summed E-state index contributed by atoms with van der Waals surface area (Å²) in [6.45, 7) is 9.50. The van der Waals surface area contributed by atoms with Crippen molar-refractivity contribution in [2.24, 2.45) is 11.3 Å². The van der Waals surface area contributed by atoms with Gasteiger partial charge in [-0.3, -0.25) is 19.1 Å². The first-order chi connectivity index (χ1) is 28.0. The number of halogens is 3. The van der Waals surface area contributed by atoms with Crippen LogP contribution >= 0.6 is 47.8 Å². The molecule has 2 aliphatic carbocycles. The summed E-state index contributed by atoms with van der Waals surface area (Å²) in [6, 6.07) is 8.68. The summed E-state index contributed by atoms with van der Waals surface area (Å²) >= 11 is 7.71. The zero-order chi connectivity index (χ0) is 42.4. The van der Waals surface area contributed by atoms with Crippen LogP contribution in [-0.4, -0.2) is 97.9 Å². The lowest BCUT2D eigenvalue weighted by Gasteiger charge is -2.35. The summed E-state index contributed by atoms with van der Waals surface area (Å²) in [6.07, 6.45) is 3.40. The molecule has 5 atom stereocenters. The minimum atomic E-state index is -3.91. The highest BCUT2D eigenvalue weighted by Gasteiger charge is 2.62. The fourth-order valence-corrected chi connectivity index (χ4v) is 9.66. The minimum absolute atomic E-state index is 0. The van der Waals surface area contributed by atoms with E-state index in [9.17, 15) is 22.8 Å². The predicted molar refractivity (Wildman–Crippen MR) is 239 cm³/mol. The quantitative estimate of drug-likeness (QED) is 0.111. The zero-order valence-corrected chi connectivity index (χ0v) is 38.4. The summed E-state index contributed by atoms with van der Waals surface area (Å²) in [5.41, 5.74) is -0.816. The molecule has 4 aromatic rings. The Morgan fingerprint density at radius 1 is 1.02 bits per heavy atom. The lowest BCUT2D eigenvalue weighted by Crippen LogP contribution is -2.58. The maximum absolute atomic E-state index is 14.9. The molecule has 20 heteroatoms. The summed E-state index contributed by atoms with van der Waals surface area (Å²) < 4.78 is 50.6. The number of carbonyl (C=O) groups excluding carboxylic acids is 3. The number of aromatic nitrogens is 2. The van der Waals surface area contributed by atoms with Crippen molar-refractivity contribution in [1.82, 2.24) is 24.9 Å². The number of pyridine rings is 1. The number of methoxy groups -OCH3 is 3. The van der Waals surface area contributed by atoms with Gasteiger partial charge in [-0.05, 0) is 61.1 Å². The molecule has 1 saturated heterocycles. The van der Waals surface area contributed by atoms with Gasteiger partial charge in [-0.15, -0.1) is 42.7 Å². The number of fused-ring (bicyclic) bond motifs is 1. The predicted octanol–water partition coefficient (Wildman–Crippen LogP) is 6.43. The molecule has 2 aromatic heterocycles. The van der Waals surface area contributed by atoms with Crippen LogP contribution in [0.3, 0.4) is 0 Å². The Hall–Kier alpha value is -4.55. The molecule has 2 saturated carbocycles. The fourth-order valence-electron chi connectivity index (χ4n) is 7.38. The monoisotopic (exact) mass is 938 g/mol. The van der Waals surface area contributed by atoms with Crippen molar-refractivity contribution in [3.8, 4) is 34.4 Å². The molecule has 0 spiro atoms. The van der Waals surface area contributed by atoms with Gasteiger partial charge in [0.1, 0.15) is 29.5 Å². The number of likely N-dealkylation sites (tertiary alicyclic amines) is 1. The second-order valence-corrected chi connectivity index (χ2v) is 19.3. The topological polar surface area (TPSA) is 187 Å². The van der Waals surface area contributed by atoms with Gasteiger partial charge >= 0.3 is 0 Å². The molecule has 3 amide bonds. The third-order valence-electron chi connectivity index (χ3n) is 10.9. The number of hydrogen-bond acceptors (Lipinski definition) is 13. The van der Waals surface area contributed by atoms with Crippen LogP contribution in [0.4, 0.5) is 5.13 Å². The van der Waals surface area contributed by atoms with Gasteiger partial charge in [0.15, 0.2) is 16.6 Å². The van der Waals surface area contributed by atoms with Crippen molar-refractivity contribution in [2.45, 2.75) is 75.4 Å². The lowest BCUT2D eigenvalue weighted by molar-refractivity contribution is -0.141. The van der Waals surface area contributed by atoms with Gasteiger partial charge in [-0.1, -0.05) is 38.4 Å². The maximum atomic E-state index is 14.9. The second-order valence-electron chi connectivity index (χ2n) is 16.0. The average Bonchev–Trinajstić information content (AvgIpc) is 4.09. The number of amides is 3. The number of nitrogens with zero attached hydrogens (tertiary/aromatic N) is 3. The van der Waals surface area contributed by atoms with E-state index in [1.54, 1.807) is 38.5 Å². The normalized spacial score (nSPS) is 21.2. The molecule has 61 heavy (non-hydrogen) atoms. The van der Waals surface area contributed by atoms with Crippen LogP contribution < -0.4 is 34.3 Å². The Morgan fingerprint density at radius 2 is 1.72 bits per heavy atom. The first-order valence-corrected chi connectivity index (χ1v) is 21.9. The van der Waals surface area contributed by atoms with Crippen molar-refractivity contribution in [3.63, 3.8) is 0 Å². The Balaban J connectivity index is 0.00000352. The van der Waals surface area contributed by atoms with Gasteiger partial charge in [0, 0.05) is 39.1 Å². The van der Waals surface area contributed by atoms with Gasteiger partial charge in [-0.2, -0.15) is 0 Å². The van der Waals surface area contributed by atoms with Crippen LogP contribution in [0.25, 0.3) is 22.0 Å². The Labute approximate surface area is 376 Å². The van der Waals surface area contributed by atoms with E-state index in [1.165, 1.54) is 35.6 Å². The molecule has 330 valence electrons. The van der Waals surface area contributed by atoms with Gasteiger partial charge in [0.25, 0.3) is 5.91 Å². The van der Waals surface area contributed by atoms with Crippen molar-refractivity contribution in [3.05, 3.63) is 65.7 Å². The van der Waals surface area contributed by atoms with E-state index in [0.29, 0.717) is 56.7 Å². The van der Waals surface area contributed by atoms with E-state index in [4.69, 9.17) is 35.5 Å². The van der Waals surface area contributed by atoms with Gasteiger partial charge in [-0.25, -0.2) is 18.4 Å². The van der Waals surface area contributed by atoms with Crippen LogP contribution in [0.15, 0.2) is 60.6 Å². The van der Waals surface area contributed by atoms with Crippen LogP contribution in [0, 0.1) is 11.3 Å². The molecule has 7 rings (SSSR count). The van der Waals surface area contributed by atoms with Gasteiger partial charge in [0.2, 0.25) is 27.7 Å². The first kappa shape index (κ1) is 47.5. The molecule has 15 nitrogen and oxygen atoms in total. The molecule has 0 unspecified atom stereocenters. The first-order valence-electron chi connectivity index (χ1n) is 19.1. The summed E-state index contributed by atoms with van der Waals surface area (Å²) in [5, 5.41) is 9.60. The Bertz CT molecular complexity index is 2430. The largest absolute Gasteiger partial charge is 0.494 e. The van der Waals surface area contributed by atoms with E-state index >= 15 is 0 Å². The molecular formula is C41H49Cl3N6O9S2. The SMILES string of the molecule is C=C[C@@H]1C[C@]1(NC(=O)[C@@H]1C[C@@H](Oc2ncc(OC)c3ccc(Cl)cc23)CN1C(=O)[C@@H](Nc1nc(-c2ccc(OC)c(OC)c2)cs1)C(C)(C)C)C(=O)NS(=O)(=O)C1CC1.Cl.Cl. The Kier molecular flexibility index (Phi) is 14.3. The highest BCUT2D eigenvalue weighted by Crippen LogP contribution is 2.46. The van der Waals surface area contributed by atoms with E-state index in [2.05, 4.69) is 26.9 Å². The summed E-state index contributed by atoms with van der Waals surface area (Å²) in [5.74, 6) is -0.547. The highest BCUT2D eigenvalue weighted by atomic mass is 35.5. The summed E-state index contributed by atoms with van der Waals surface area (Å²) in [4.78, 5) is 53.8. The van der Waals surface area contributed by atoms with E-state index in [1.807, 2.05) is 38.3 Å². The van der Waals surface area contributed by atoms with Crippen LogP contribution in [0.1, 0.15) is 46.5 Å². The number of benzene rings is 2. The molecule has 3 heterocycles. The molecule has 2 aromatic carbocycles.